The van der Waals surface area contributed by atoms with Gasteiger partial charge in [-0.2, -0.15) is 0 Å². The van der Waals surface area contributed by atoms with Crippen LogP contribution < -0.4 is 5.32 Å². The minimum absolute atomic E-state index is 0.576. The van der Waals surface area contributed by atoms with Gasteiger partial charge < -0.3 is 5.32 Å². The van der Waals surface area contributed by atoms with Gasteiger partial charge in [-0.15, -0.1) is 0 Å². The van der Waals surface area contributed by atoms with E-state index in [1.807, 2.05) is 6.20 Å². The van der Waals surface area contributed by atoms with Crippen LogP contribution >= 0.6 is 22.6 Å². The molecule has 50 valence electrons. The third kappa shape index (κ3) is 1.71. The molecule has 0 aromatic heterocycles. The minimum atomic E-state index is 0.576. The van der Waals surface area contributed by atoms with Gasteiger partial charge in [0, 0.05) is 5.70 Å². The van der Waals surface area contributed by atoms with E-state index in [9.17, 15) is 0 Å². The van der Waals surface area contributed by atoms with Gasteiger partial charge in [-0.1, -0.05) is 34.7 Å². The van der Waals surface area contributed by atoms with Crippen LogP contribution in [0.1, 0.15) is 13.3 Å². The zero-order valence-corrected chi connectivity index (χ0v) is 7.60. The highest BCUT2D eigenvalue weighted by atomic mass is 127. The minimum Gasteiger partial charge on any atom is -0.365 e. The molecule has 9 heavy (non-hydrogen) atoms. The second-order valence-electron chi connectivity index (χ2n) is 2.33. The van der Waals surface area contributed by atoms with Crippen molar-refractivity contribution < 1.29 is 0 Å². The first-order valence-corrected chi connectivity index (χ1v) is 4.20. The lowest BCUT2D eigenvalue weighted by Crippen LogP contribution is -2.19. The quantitative estimate of drug-likeness (QED) is 0.501. The summed E-state index contributed by atoms with van der Waals surface area (Å²) >= 11 is 2.40. The van der Waals surface area contributed by atoms with E-state index in [0.29, 0.717) is 3.92 Å². The van der Waals surface area contributed by atoms with Crippen LogP contribution in [0.5, 0.6) is 0 Å². The summed E-state index contributed by atoms with van der Waals surface area (Å²) in [7, 11) is 0. The van der Waals surface area contributed by atoms with Gasteiger partial charge in [0.15, 0.2) is 0 Å². The molecule has 0 amide bonds. The zero-order chi connectivity index (χ0) is 6.85. The first kappa shape index (κ1) is 7.12. The fourth-order valence-corrected chi connectivity index (χ4v) is 1.65. The van der Waals surface area contributed by atoms with Crippen LogP contribution in [-0.4, -0.2) is 3.92 Å². The molecule has 1 N–H and O–H groups in total. The molecule has 0 fully saturated rings. The van der Waals surface area contributed by atoms with E-state index in [4.69, 9.17) is 0 Å². The summed E-state index contributed by atoms with van der Waals surface area (Å²) in [6.45, 7) is 6.00. The molecular weight excluding hydrogens is 225 g/mol. The van der Waals surface area contributed by atoms with Crippen LogP contribution in [0.4, 0.5) is 0 Å². The van der Waals surface area contributed by atoms with Gasteiger partial charge in [0.05, 0.1) is 3.92 Å². The SMILES string of the molecule is C=C1NC=C(C)CC1I. The molecule has 0 bridgehead atoms. The fourth-order valence-electron chi connectivity index (χ4n) is 0.771. The Hall–Kier alpha value is 0.01000. The molecule has 0 saturated carbocycles. The maximum atomic E-state index is 3.87. The van der Waals surface area contributed by atoms with Crippen LogP contribution in [0.3, 0.4) is 0 Å². The lowest BCUT2D eigenvalue weighted by Gasteiger charge is -2.19. The highest BCUT2D eigenvalue weighted by Gasteiger charge is 2.11. The molecule has 1 atom stereocenters. The largest absolute Gasteiger partial charge is 0.365 e. The molecule has 1 aliphatic rings. The summed E-state index contributed by atoms with van der Waals surface area (Å²) in [5.41, 5.74) is 2.53. The average molecular weight is 235 g/mol. The Bertz CT molecular complexity index is 160. The molecular formula is C7H10IN. The molecule has 1 rings (SSSR count). The highest BCUT2D eigenvalue weighted by molar-refractivity contribution is 14.1. The average Bonchev–Trinajstić information content (AvgIpc) is 1.80. The molecule has 0 aliphatic carbocycles. The summed E-state index contributed by atoms with van der Waals surface area (Å²) in [5.74, 6) is 0. The highest BCUT2D eigenvalue weighted by Crippen LogP contribution is 2.21. The van der Waals surface area contributed by atoms with Crippen molar-refractivity contribution in [2.24, 2.45) is 0 Å². The molecule has 1 nitrogen and oxygen atoms in total. The van der Waals surface area contributed by atoms with E-state index in [2.05, 4.69) is 41.4 Å². The standard InChI is InChI=1S/C7H10IN/c1-5-3-7(8)6(2)9-4-5/h4,7,9H,2-3H2,1H3. The van der Waals surface area contributed by atoms with E-state index >= 15 is 0 Å². The Morgan fingerprint density at radius 2 is 2.56 bits per heavy atom. The van der Waals surface area contributed by atoms with Crippen molar-refractivity contribution in [3.8, 4) is 0 Å². The van der Waals surface area contributed by atoms with Crippen molar-refractivity contribution in [3.05, 3.63) is 24.0 Å². The topological polar surface area (TPSA) is 12.0 Å². The smallest absolute Gasteiger partial charge is 0.0541 e. The molecule has 1 unspecified atom stereocenters. The number of hydrogen-bond acceptors (Lipinski definition) is 1. The van der Waals surface area contributed by atoms with Gasteiger partial charge in [0.2, 0.25) is 0 Å². The van der Waals surface area contributed by atoms with Crippen LogP contribution in [0.2, 0.25) is 0 Å². The van der Waals surface area contributed by atoms with Crippen LogP contribution in [0.25, 0.3) is 0 Å². The number of halogens is 1. The van der Waals surface area contributed by atoms with Crippen LogP contribution in [-0.2, 0) is 0 Å². The molecule has 0 aromatic carbocycles. The zero-order valence-electron chi connectivity index (χ0n) is 5.45. The second-order valence-corrected chi connectivity index (χ2v) is 3.84. The van der Waals surface area contributed by atoms with Gasteiger partial charge in [0.1, 0.15) is 0 Å². The van der Waals surface area contributed by atoms with E-state index in [-0.39, 0.29) is 0 Å². The lowest BCUT2D eigenvalue weighted by atomic mass is 10.1. The summed E-state index contributed by atoms with van der Waals surface area (Å²) in [5, 5.41) is 3.12. The molecule has 1 aliphatic heterocycles. The number of allylic oxidation sites excluding steroid dienone is 2. The van der Waals surface area contributed by atoms with Gasteiger partial charge in [0.25, 0.3) is 0 Å². The number of rotatable bonds is 0. The van der Waals surface area contributed by atoms with Crippen molar-refractivity contribution in [2.75, 3.05) is 0 Å². The lowest BCUT2D eigenvalue weighted by molar-refractivity contribution is 0.836. The first-order chi connectivity index (χ1) is 4.20. The summed E-state index contributed by atoms with van der Waals surface area (Å²) in [6.07, 6.45) is 3.17. The summed E-state index contributed by atoms with van der Waals surface area (Å²) in [4.78, 5) is 0. The third-order valence-corrected chi connectivity index (χ3v) is 2.58. The normalized spacial score (nSPS) is 27.1. The Morgan fingerprint density at radius 3 is 3.00 bits per heavy atom. The van der Waals surface area contributed by atoms with Crippen LogP contribution in [0, 0.1) is 0 Å². The molecule has 1 heterocycles. The first-order valence-electron chi connectivity index (χ1n) is 2.95. The maximum Gasteiger partial charge on any atom is 0.0541 e. The van der Waals surface area contributed by atoms with Crippen LogP contribution in [0.15, 0.2) is 24.0 Å². The monoisotopic (exact) mass is 235 g/mol. The molecule has 0 saturated heterocycles. The van der Waals surface area contributed by atoms with E-state index in [0.717, 1.165) is 12.1 Å². The Kier molecular flexibility index (Phi) is 2.16. The molecule has 0 spiro atoms. The van der Waals surface area contributed by atoms with Crippen molar-refractivity contribution in [2.45, 2.75) is 17.3 Å². The number of nitrogens with one attached hydrogen (secondary N) is 1. The second kappa shape index (κ2) is 2.73. The Morgan fingerprint density at radius 1 is 1.89 bits per heavy atom. The fraction of sp³-hybridized carbons (Fsp3) is 0.429. The van der Waals surface area contributed by atoms with Crippen molar-refractivity contribution in [1.29, 1.82) is 0 Å². The third-order valence-electron chi connectivity index (χ3n) is 1.38. The predicted molar refractivity (Wildman–Crippen MR) is 48.5 cm³/mol. The van der Waals surface area contributed by atoms with E-state index in [1.54, 1.807) is 0 Å². The van der Waals surface area contributed by atoms with Gasteiger partial charge in [-0.05, 0) is 19.5 Å². The van der Waals surface area contributed by atoms with Gasteiger partial charge >= 0.3 is 0 Å². The maximum absolute atomic E-state index is 3.87. The molecule has 2 heteroatoms. The van der Waals surface area contributed by atoms with E-state index in [1.165, 1.54) is 5.57 Å². The van der Waals surface area contributed by atoms with Crippen molar-refractivity contribution in [3.63, 3.8) is 0 Å². The Labute approximate surface area is 69.4 Å². The number of hydrogen-bond donors (Lipinski definition) is 1. The van der Waals surface area contributed by atoms with Gasteiger partial charge in [-0.25, -0.2) is 0 Å². The predicted octanol–water partition coefficient (Wildman–Crippen LogP) is 2.20. The Balaban J connectivity index is 2.65. The van der Waals surface area contributed by atoms with Gasteiger partial charge in [-0.3, -0.25) is 0 Å². The van der Waals surface area contributed by atoms with E-state index < -0.39 is 0 Å². The number of alkyl halides is 1. The summed E-state index contributed by atoms with van der Waals surface area (Å²) in [6, 6.07) is 0. The summed E-state index contributed by atoms with van der Waals surface area (Å²) < 4.78 is 0.576. The van der Waals surface area contributed by atoms with Crippen molar-refractivity contribution in [1.82, 2.24) is 5.32 Å². The van der Waals surface area contributed by atoms with Crippen molar-refractivity contribution >= 4 is 22.6 Å². The molecule has 0 radical (unpaired) electrons. The molecule has 0 aromatic rings.